The first kappa shape index (κ1) is 9.53. The highest BCUT2D eigenvalue weighted by molar-refractivity contribution is 6.31. The fourth-order valence-electron chi connectivity index (χ4n) is 1.28. The molecule has 0 aliphatic heterocycles. The molecule has 0 radical (unpaired) electrons. The monoisotopic (exact) mass is 183 g/mol. The molecule has 0 aliphatic rings. The molecule has 0 N–H and O–H groups in total. The van der Waals surface area contributed by atoms with Crippen LogP contribution in [-0.4, -0.2) is 4.98 Å². The molecule has 1 nitrogen and oxygen atoms in total. The lowest BCUT2D eigenvalue weighted by atomic mass is 10.0. The van der Waals surface area contributed by atoms with Crippen LogP contribution in [0.5, 0.6) is 0 Å². The van der Waals surface area contributed by atoms with Gasteiger partial charge >= 0.3 is 0 Å². The topological polar surface area (TPSA) is 12.9 Å². The molecular formula is C10H14ClN. The van der Waals surface area contributed by atoms with E-state index in [1.165, 1.54) is 5.56 Å². The Hall–Kier alpha value is -0.560. The van der Waals surface area contributed by atoms with Crippen molar-refractivity contribution in [2.24, 2.45) is 0 Å². The zero-order chi connectivity index (χ0) is 9.30. The summed E-state index contributed by atoms with van der Waals surface area (Å²) in [6.07, 6.45) is 0. The van der Waals surface area contributed by atoms with E-state index in [4.69, 9.17) is 11.6 Å². The van der Waals surface area contributed by atoms with Crippen LogP contribution in [0.15, 0.2) is 6.07 Å². The summed E-state index contributed by atoms with van der Waals surface area (Å²) in [4.78, 5) is 4.44. The number of nitrogens with zero attached hydrogens (tertiary/aromatic N) is 1. The van der Waals surface area contributed by atoms with Crippen LogP contribution in [0, 0.1) is 13.8 Å². The molecule has 66 valence electrons. The predicted molar refractivity (Wildman–Crippen MR) is 52.8 cm³/mol. The lowest BCUT2D eigenvalue weighted by molar-refractivity contribution is 0.804. The summed E-state index contributed by atoms with van der Waals surface area (Å²) >= 11 is 5.93. The van der Waals surface area contributed by atoms with Gasteiger partial charge in [-0.05, 0) is 31.4 Å². The van der Waals surface area contributed by atoms with E-state index >= 15 is 0 Å². The number of hydrogen-bond acceptors (Lipinski definition) is 1. The van der Waals surface area contributed by atoms with Gasteiger partial charge in [-0.25, -0.2) is 0 Å². The number of pyridine rings is 1. The van der Waals surface area contributed by atoms with Crippen LogP contribution in [0.1, 0.15) is 36.7 Å². The third-order valence-electron chi connectivity index (χ3n) is 1.93. The SMILES string of the molecule is Cc1cc(Cl)c(C)nc1C(C)C. The highest BCUT2D eigenvalue weighted by Crippen LogP contribution is 2.22. The van der Waals surface area contributed by atoms with E-state index in [2.05, 4.69) is 18.8 Å². The minimum Gasteiger partial charge on any atom is -0.256 e. The fourth-order valence-corrected chi connectivity index (χ4v) is 1.48. The maximum atomic E-state index is 5.93. The summed E-state index contributed by atoms with van der Waals surface area (Å²) in [6.45, 7) is 8.27. The molecule has 0 unspecified atom stereocenters. The summed E-state index contributed by atoms with van der Waals surface area (Å²) in [6, 6.07) is 1.99. The maximum Gasteiger partial charge on any atom is 0.0621 e. The Balaban J connectivity index is 3.23. The Bertz CT molecular complexity index is 292. The molecule has 2 heteroatoms. The van der Waals surface area contributed by atoms with Crippen molar-refractivity contribution in [3.05, 3.63) is 28.0 Å². The van der Waals surface area contributed by atoms with Crippen molar-refractivity contribution in [1.82, 2.24) is 4.98 Å². The first-order chi connectivity index (χ1) is 5.52. The van der Waals surface area contributed by atoms with Crippen LogP contribution >= 0.6 is 11.6 Å². The first-order valence-electron chi connectivity index (χ1n) is 4.16. The molecule has 0 bridgehead atoms. The standard InChI is InChI=1S/C10H14ClN/c1-6(2)10-7(3)5-9(11)8(4)12-10/h5-6H,1-4H3. The van der Waals surface area contributed by atoms with E-state index in [0.717, 1.165) is 16.4 Å². The van der Waals surface area contributed by atoms with Crippen molar-refractivity contribution in [3.8, 4) is 0 Å². The Labute approximate surface area is 78.8 Å². The van der Waals surface area contributed by atoms with Crippen LogP contribution in [0.25, 0.3) is 0 Å². The average molecular weight is 184 g/mol. The van der Waals surface area contributed by atoms with Crippen molar-refractivity contribution in [1.29, 1.82) is 0 Å². The number of halogens is 1. The molecule has 1 aromatic rings. The fraction of sp³-hybridized carbons (Fsp3) is 0.500. The maximum absolute atomic E-state index is 5.93. The van der Waals surface area contributed by atoms with Gasteiger partial charge in [-0.3, -0.25) is 4.98 Å². The second-order valence-corrected chi connectivity index (χ2v) is 3.82. The zero-order valence-corrected chi connectivity index (χ0v) is 8.74. The quantitative estimate of drug-likeness (QED) is 0.650. The van der Waals surface area contributed by atoms with Crippen molar-refractivity contribution in [2.75, 3.05) is 0 Å². The third kappa shape index (κ3) is 1.78. The molecule has 1 aromatic heterocycles. The van der Waals surface area contributed by atoms with E-state index in [0.29, 0.717) is 5.92 Å². The van der Waals surface area contributed by atoms with E-state index in [1.807, 2.05) is 19.9 Å². The molecule has 0 atom stereocenters. The summed E-state index contributed by atoms with van der Waals surface area (Å²) in [5.41, 5.74) is 3.25. The third-order valence-corrected chi connectivity index (χ3v) is 2.31. The van der Waals surface area contributed by atoms with Gasteiger partial charge in [0.15, 0.2) is 0 Å². The molecule has 12 heavy (non-hydrogen) atoms. The van der Waals surface area contributed by atoms with Crippen molar-refractivity contribution >= 4 is 11.6 Å². The molecule has 0 saturated carbocycles. The van der Waals surface area contributed by atoms with Gasteiger partial charge in [0, 0.05) is 5.69 Å². The molecule has 0 spiro atoms. The van der Waals surface area contributed by atoms with E-state index in [9.17, 15) is 0 Å². The number of aryl methyl sites for hydroxylation is 2. The second-order valence-electron chi connectivity index (χ2n) is 3.41. The second kappa shape index (κ2) is 3.44. The zero-order valence-electron chi connectivity index (χ0n) is 7.98. The summed E-state index contributed by atoms with van der Waals surface area (Å²) in [7, 11) is 0. The predicted octanol–water partition coefficient (Wildman–Crippen LogP) is 3.48. The number of hydrogen-bond donors (Lipinski definition) is 0. The molecule has 1 heterocycles. The van der Waals surface area contributed by atoms with Crippen LogP contribution in [0.4, 0.5) is 0 Å². The van der Waals surface area contributed by atoms with Gasteiger partial charge in [0.2, 0.25) is 0 Å². The summed E-state index contributed by atoms with van der Waals surface area (Å²) in [5, 5.41) is 0.761. The van der Waals surface area contributed by atoms with Crippen LogP contribution in [-0.2, 0) is 0 Å². The Morgan fingerprint density at radius 1 is 1.33 bits per heavy atom. The lowest BCUT2D eigenvalue weighted by Gasteiger charge is -2.10. The molecule has 0 amide bonds. The average Bonchev–Trinajstić information content (AvgIpc) is 1.96. The van der Waals surface area contributed by atoms with Crippen LogP contribution < -0.4 is 0 Å². The van der Waals surface area contributed by atoms with E-state index < -0.39 is 0 Å². The molecule has 0 saturated heterocycles. The molecular weight excluding hydrogens is 170 g/mol. The Morgan fingerprint density at radius 3 is 2.42 bits per heavy atom. The highest BCUT2D eigenvalue weighted by atomic mass is 35.5. The van der Waals surface area contributed by atoms with Crippen molar-refractivity contribution in [3.63, 3.8) is 0 Å². The largest absolute Gasteiger partial charge is 0.256 e. The summed E-state index contributed by atoms with van der Waals surface area (Å²) < 4.78 is 0. The molecule has 0 fully saturated rings. The normalized spacial score (nSPS) is 10.8. The number of aromatic nitrogens is 1. The van der Waals surface area contributed by atoms with E-state index in [1.54, 1.807) is 0 Å². The van der Waals surface area contributed by atoms with Crippen LogP contribution in [0.3, 0.4) is 0 Å². The molecule has 0 aliphatic carbocycles. The van der Waals surface area contributed by atoms with Gasteiger partial charge in [-0.15, -0.1) is 0 Å². The Kier molecular flexibility index (Phi) is 2.73. The smallest absolute Gasteiger partial charge is 0.0621 e. The van der Waals surface area contributed by atoms with Crippen molar-refractivity contribution < 1.29 is 0 Å². The van der Waals surface area contributed by atoms with Gasteiger partial charge in [0.05, 0.1) is 10.7 Å². The minimum atomic E-state index is 0.473. The van der Waals surface area contributed by atoms with Crippen molar-refractivity contribution in [2.45, 2.75) is 33.6 Å². The first-order valence-corrected chi connectivity index (χ1v) is 4.53. The van der Waals surface area contributed by atoms with Crippen LogP contribution in [0.2, 0.25) is 5.02 Å². The van der Waals surface area contributed by atoms with Gasteiger partial charge in [-0.1, -0.05) is 25.4 Å². The van der Waals surface area contributed by atoms with Gasteiger partial charge < -0.3 is 0 Å². The number of rotatable bonds is 1. The lowest BCUT2D eigenvalue weighted by Crippen LogP contribution is -1.98. The summed E-state index contributed by atoms with van der Waals surface area (Å²) in [5.74, 6) is 0.473. The minimum absolute atomic E-state index is 0.473. The van der Waals surface area contributed by atoms with Gasteiger partial charge in [-0.2, -0.15) is 0 Å². The molecule has 1 rings (SSSR count). The molecule has 0 aromatic carbocycles. The van der Waals surface area contributed by atoms with E-state index in [-0.39, 0.29) is 0 Å². The Morgan fingerprint density at radius 2 is 1.92 bits per heavy atom. The van der Waals surface area contributed by atoms with Gasteiger partial charge in [0.1, 0.15) is 0 Å². The van der Waals surface area contributed by atoms with Gasteiger partial charge in [0.25, 0.3) is 0 Å². The highest BCUT2D eigenvalue weighted by Gasteiger charge is 2.07.